The van der Waals surface area contributed by atoms with Gasteiger partial charge in [0.1, 0.15) is 17.4 Å². The SMILES string of the molecule is O=c1c(Cl)c(Cl)cnn1Cc1ncc(-c2ccc(F)cc2)o1. The van der Waals surface area contributed by atoms with Crippen LogP contribution in [0.5, 0.6) is 0 Å². The van der Waals surface area contributed by atoms with Crippen LogP contribution in [0.1, 0.15) is 5.89 Å². The summed E-state index contributed by atoms with van der Waals surface area (Å²) in [5.74, 6) is 0.394. The number of hydrogen-bond donors (Lipinski definition) is 0. The molecule has 0 aliphatic rings. The van der Waals surface area contributed by atoms with E-state index in [4.69, 9.17) is 27.6 Å². The maximum absolute atomic E-state index is 12.9. The minimum atomic E-state index is -0.532. The highest BCUT2D eigenvalue weighted by Gasteiger charge is 2.11. The molecule has 2 aromatic heterocycles. The molecule has 8 heteroatoms. The fourth-order valence-electron chi connectivity index (χ4n) is 1.82. The molecule has 0 bridgehead atoms. The van der Waals surface area contributed by atoms with E-state index in [2.05, 4.69) is 10.1 Å². The van der Waals surface area contributed by atoms with Crippen LogP contribution in [0.4, 0.5) is 4.39 Å². The van der Waals surface area contributed by atoms with E-state index in [-0.39, 0.29) is 28.3 Å². The molecule has 0 N–H and O–H groups in total. The van der Waals surface area contributed by atoms with Crippen LogP contribution in [-0.4, -0.2) is 14.8 Å². The molecule has 0 saturated heterocycles. The minimum absolute atomic E-state index is 0.0108. The standard InChI is InChI=1S/C14H8Cl2FN3O2/c15-10-5-19-20(14(21)13(10)16)7-12-18-6-11(22-12)8-1-3-9(17)4-2-8/h1-6H,7H2. The highest BCUT2D eigenvalue weighted by atomic mass is 35.5. The Kier molecular flexibility index (Phi) is 3.96. The van der Waals surface area contributed by atoms with Crippen molar-refractivity contribution in [1.29, 1.82) is 0 Å². The third-order valence-corrected chi connectivity index (χ3v) is 3.66. The van der Waals surface area contributed by atoms with Gasteiger partial charge < -0.3 is 4.42 Å². The smallest absolute Gasteiger partial charge is 0.287 e. The Balaban J connectivity index is 1.87. The van der Waals surface area contributed by atoms with E-state index < -0.39 is 5.56 Å². The fourth-order valence-corrected chi connectivity index (χ4v) is 2.09. The largest absolute Gasteiger partial charge is 0.439 e. The zero-order valence-corrected chi connectivity index (χ0v) is 12.5. The van der Waals surface area contributed by atoms with Gasteiger partial charge in [-0.2, -0.15) is 5.10 Å². The molecule has 5 nitrogen and oxygen atoms in total. The van der Waals surface area contributed by atoms with Gasteiger partial charge in [-0.1, -0.05) is 23.2 Å². The molecule has 3 aromatic rings. The molecule has 0 aliphatic carbocycles. The summed E-state index contributed by atoms with van der Waals surface area (Å²) in [6.07, 6.45) is 2.76. The number of nitrogens with zero attached hydrogens (tertiary/aromatic N) is 3. The zero-order chi connectivity index (χ0) is 15.7. The number of benzene rings is 1. The van der Waals surface area contributed by atoms with Crippen molar-refractivity contribution >= 4 is 23.2 Å². The molecule has 22 heavy (non-hydrogen) atoms. The van der Waals surface area contributed by atoms with Gasteiger partial charge in [0.2, 0.25) is 5.89 Å². The topological polar surface area (TPSA) is 60.9 Å². The first-order chi connectivity index (χ1) is 10.5. The molecule has 0 radical (unpaired) electrons. The van der Waals surface area contributed by atoms with Gasteiger partial charge in [-0.05, 0) is 24.3 Å². The summed E-state index contributed by atoms with van der Waals surface area (Å²) in [6, 6.07) is 5.79. The summed E-state index contributed by atoms with van der Waals surface area (Å²) in [5, 5.41) is 3.84. The van der Waals surface area contributed by atoms with Crippen molar-refractivity contribution in [2.24, 2.45) is 0 Å². The number of rotatable bonds is 3. The van der Waals surface area contributed by atoms with Crippen molar-refractivity contribution < 1.29 is 8.81 Å². The minimum Gasteiger partial charge on any atom is -0.439 e. The molecule has 0 aliphatic heterocycles. The van der Waals surface area contributed by atoms with Crippen molar-refractivity contribution in [2.75, 3.05) is 0 Å². The first kappa shape index (κ1) is 14.7. The van der Waals surface area contributed by atoms with E-state index in [1.165, 1.54) is 24.5 Å². The van der Waals surface area contributed by atoms with Gasteiger partial charge in [0.15, 0.2) is 5.76 Å². The molecule has 0 atom stereocenters. The second-order valence-electron chi connectivity index (χ2n) is 4.39. The van der Waals surface area contributed by atoms with E-state index >= 15 is 0 Å². The Morgan fingerprint density at radius 3 is 2.64 bits per heavy atom. The van der Waals surface area contributed by atoms with E-state index in [0.29, 0.717) is 11.3 Å². The van der Waals surface area contributed by atoms with Gasteiger partial charge >= 0.3 is 0 Å². The average Bonchev–Trinajstić information content (AvgIpc) is 2.97. The summed E-state index contributed by atoms with van der Waals surface area (Å²) >= 11 is 11.5. The van der Waals surface area contributed by atoms with Crippen LogP contribution in [0.25, 0.3) is 11.3 Å². The molecule has 0 saturated carbocycles. The van der Waals surface area contributed by atoms with E-state index in [1.54, 1.807) is 12.1 Å². The number of halogens is 3. The molecule has 1 aromatic carbocycles. The maximum atomic E-state index is 12.9. The number of oxazole rings is 1. The van der Waals surface area contributed by atoms with Crippen LogP contribution in [0.15, 0.2) is 45.9 Å². The Labute approximate surface area is 133 Å². The third kappa shape index (κ3) is 2.88. The third-order valence-electron chi connectivity index (χ3n) is 2.91. The molecular formula is C14H8Cl2FN3O2. The van der Waals surface area contributed by atoms with Crippen LogP contribution >= 0.6 is 23.2 Å². The molecule has 2 heterocycles. The summed E-state index contributed by atoms with van der Waals surface area (Å²) in [6.45, 7) is 0.0108. The van der Waals surface area contributed by atoms with Crippen LogP contribution in [0, 0.1) is 5.82 Å². The summed E-state index contributed by atoms with van der Waals surface area (Å²) < 4.78 is 19.5. The quantitative estimate of drug-likeness (QED) is 0.733. The van der Waals surface area contributed by atoms with Crippen LogP contribution in [-0.2, 0) is 6.54 Å². The Bertz CT molecular complexity index is 875. The predicted molar refractivity (Wildman–Crippen MR) is 79.5 cm³/mol. The number of hydrogen-bond acceptors (Lipinski definition) is 4. The molecule has 0 spiro atoms. The number of aromatic nitrogens is 3. The fraction of sp³-hybridized carbons (Fsp3) is 0.0714. The van der Waals surface area contributed by atoms with Crippen LogP contribution in [0.3, 0.4) is 0 Å². The van der Waals surface area contributed by atoms with Gasteiger partial charge in [0.05, 0.1) is 17.4 Å². The van der Waals surface area contributed by atoms with Gasteiger partial charge in [0, 0.05) is 5.56 Å². The Morgan fingerprint density at radius 2 is 1.91 bits per heavy atom. The van der Waals surface area contributed by atoms with Crippen LogP contribution in [0.2, 0.25) is 10.0 Å². The molecule has 0 amide bonds. The highest BCUT2D eigenvalue weighted by Crippen LogP contribution is 2.21. The first-order valence-electron chi connectivity index (χ1n) is 6.16. The normalized spacial score (nSPS) is 10.9. The average molecular weight is 340 g/mol. The van der Waals surface area contributed by atoms with Gasteiger partial charge in [-0.25, -0.2) is 14.1 Å². The van der Waals surface area contributed by atoms with Crippen molar-refractivity contribution in [1.82, 2.24) is 14.8 Å². The van der Waals surface area contributed by atoms with Gasteiger partial charge in [-0.3, -0.25) is 4.79 Å². The maximum Gasteiger partial charge on any atom is 0.287 e. The van der Waals surface area contributed by atoms with Crippen molar-refractivity contribution in [3.63, 3.8) is 0 Å². The second-order valence-corrected chi connectivity index (χ2v) is 5.18. The zero-order valence-electron chi connectivity index (χ0n) is 11.0. The summed E-state index contributed by atoms with van der Waals surface area (Å²) in [4.78, 5) is 15.9. The Morgan fingerprint density at radius 1 is 1.18 bits per heavy atom. The lowest BCUT2D eigenvalue weighted by Gasteiger charge is -2.02. The molecule has 112 valence electrons. The summed E-state index contributed by atoms with van der Waals surface area (Å²) in [7, 11) is 0. The van der Waals surface area contributed by atoms with E-state index in [9.17, 15) is 9.18 Å². The monoisotopic (exact) mass is 339 g/mol. The molecule has 0 unspecified atom stereocenters. The van der Waals surface area contributed by atoms with E-state index in [0.717, 1.165) is 4.68 Å². The van der Waals surface area contributed by atoms with Crippen molar-refractivity contribution in [2.45, 2.75) is 6.54 Å². The van der Waals surface area contributed by atoms with Crippen molar-refractivity contribution in [3.05, 3.63) is 68.8 Å². The molecule has 3 rings (SSSR count). The van der Waals surface area contributed by atoms with Gasteiger partial charge in [0.25, 0.3) is 5.56 Å². The molecule has 0 fully saturated rings. The lowest BCUT2D eigenvalue weighted by Crippen LogP contribution is -2.23. The van der Waals surface area contributed by atoms with Crippen LogP contribution < -0.4 is 5.56 Å². The Hall–Kier alpha value is -2.18. The van der Waals surface area contributed by atoms with E-state index in [1.807, 2.05) is 0 Å². The van der Waals surface area contributed by atoms with Gasteiger partial charge in [-0.15, -0.1) is 0 Å². The van der Waals surface area contributed by atoms with Crippen molar-refractivity contribution in [3.8, 4) is 11.3 Å². The predicted octanol–water partition coefficient (Wildman–Crippen LogP) is 3.39. The lowest BCUT2D eigenvalue weighted by atomic mass is 10.2. The second kappa shape index (κ2) is 5.90. The first-order valence-corrected chi connectivity index (χ1v) is 6.92. The lowest BCUT2D eigenvalue weighted by molar-refractivity contribution is 0.465. The molecular weight excluding hydrogens is 332 g/mol. The highest BCUT2D eigenvalue weighted by molar-refractivity contribution is 6.41. The summed E-state index contributed by atoms with van der Waals surface area (Å²) in [5.41, 5.74) is 0.144.